The number of thiazole rings is 1. The highest BCUT2D eigenvalue weighted by molar-refractivity contribution is 7.22. The Bertz CT molecular complexity index is 640. The standard InChI is InChI=1S/C17H22N2O3S/c1-12-13(6-5-10-22-12)16(20)19(9-11-21-2)17-18-14-7-3-4-8-15(14)23-17/h3-4,7-8,12-13H,5-6,9-11H2,1-2H3/t12-,13+/m1/s1. The van der Waals surface area contributed by atoms with Gasteiger partial charge in [-0.25, -0.2) is 4.98 Å². The van der Waals surface area contributed by atoms with Crippen molar-refractivity contribution in [1.29, 1.82) is 0 Å². The molecule has 0 aliphatic carbocycles. The van der Waals surface area contributed by atoms with E-state index in [-0.39, 0.29) is 17.9 Å². The first-order valence-electron chi connectivity index (χ1n) is 7.98. The van der Waals surface area contributed by atoms with Crippen LogP contribution in [0.5, 0.6) is 0 Å². The maximum Gasteiger partial charge on any atom is 0.234 e. The number of fused-ring (bicyclic) bond motifs is 1. The zero-order valence-electron chi connectivity index (χ0n) is 13.5. The smallest absolute Gasteiger partial charge is 0.234 e. The minimum atomic E-state index is -0.104. The number of ether oxygens (including phenoxy) is 2. The first-order valence-corrected chi connectivity index (χ1v) is 8.80. The highest BCUT2D eigenvalue weighted by atomic mass is 32.1. The van der Waals surface area contributed by atoms with Gasteiger partial charge in [0, 0.05) is 13.7 Å². The summed E-state index contributed by atoms with van der Waals surface area (Å²) in [7, 11) is 1.65. The Morgan fingerprint density at radius 2 is 2.30 bits per heavy atom. The highest BCUT2D eigenvalue weighted by Crippen LogP contribution is 2.31. The summed E-state index contributed by atoms with van der Waals surface area (Å²) in [6.45, 7) is 3.72. The molecule has 5 nitrogen and oxygen atoms in total. The van der Waals surface area contributed by atoms with Crippen molar-refractivity contribution in [3.8, 4) is 0 Å². The van der Waals surface area contributed by atoms with Crippen LogP contribution in [0.4, 0.5) is 5.13 Å². The number of hydrogen-bond acceptors (Lipinski definition) is 5. The second kappa shape index (κ2) is 7.38. The molecule has 2 atom stereocenters. The number of carbonyl (C=O) groups excluding carboxylic acids is 1. The van der Waals surface area contributed by atoms with Gasteiger partial charge in [0.05, 0.1) is 35.4 Å². The molecule has 1 aliphatic heterocycles. The zero-order chi connectivity index (χ0) is 16.2. The molecule has 1 aliphatic rings. The number of para-hydroxylation sites is 1. The summed E-state index contributed by atoms with van der Waals surface area (Å²) in [6.07, 6.45) is 1.75. The minimum absolute atomic E-state index is 0.0457. The van der Waals surface area contributed by atoms with Crippen molar-refractivity contribution in [2.24, 2.45) is 5.92 Å². The molecule has 0 unspecified atom stereocenters. The van der Waals surface area contributed by atoms with E-state index in [4.69, 9.17) is 9.47 Å². The molecule has 1 amide bonds. The van der Waals surface area contributed by atoms with Gasteiger partial charge in [-0.1, -0.05) is 23.5 Å². The van der Waals surface area contributed by atoms with Crippen molar-refractivity contribution in [3.63, 3.8) is 0 Å². The molecule has 0 N–H and O–H groups in total. The van der Waals surface area contributed by atoms with Crippen LogP contribution in [0.3, 0.4) is 0 Å². The Morgan fingerprint density at radius 1 is 1.48 bits per heavy atom. The summed E-state index contributed by atoms with van der Waals surface area (Å²) in [6, 6.07) is 7.95. The molecule has 2 heterocycles. The second-order valence-electron chi connectivity index (χ2n) is 5.77. The SMILES string of the molecule is COCCN(C(=O)[C@H]1CCCO[C@@H]1C)c1nc2ccccc2s1. The Balaban J connectivity index is 1.88. The van der Waals surface area contributed by atoms with Gasteiger partial charge in [0.1, 0.15) is 0 Å². The lowest BCUT2D eigenvalue weighted by atomic mass is 9.94. The Hall–Kier alpha value is -1.50. The number of benzene rings is 1. The molecule has 0 spiro atoms. The molecule has 1 aromatic carbocycles. The number of hydrogen-bond donors (Lipinski definition) is 0. The lowest BCUT2D eigenvalue weighted by Gasteiger charge is -2.32. The van der Waals surface area contributed by atoms with E-state index in [0.717, 1.165) is 34.8 Å². The van der Waals surface area contributed by atoms with Gasteiger partial charge < -0.3 is 9.47 Å². The average Bonchev–Trinajstić information content (AvgIpc) is 2.99. The zero-order valence-corrected chi connectivity index (χ0v) is 14.3. The number of amides is 1. The molecular weight excluding hydrogens is 312 g/mol. The molecule has 2 aromatic rings. The van der Waals surface area contributed by atoms with Gasteiger partial charge in [-0.15, -0.1) is 0 Å². The summed E-state index contributed by atoms with van der Waals surface area (Å²) in [5.41, 5.74) is 0.927. The number of anilines is 1. The van der Waals surface area contributed by atoms with Crippen molar-refractivity contribution < 1.29 is 14.3 Å². The largest absolute Gasteiger partial charge is 0.383 e. The molecule has 0 saturated carbocycles. The predicted octanol–water partition coefficient (Wildman–Crippen LogP) is 3.09. The number of nitrogens with zero attached hydrogens (tertiary/aromatic N) is 2. The molecule has 23 heavy (non-hydrogen) atoms. The lowest BCUT2D eigenvalue weighted by molar-refractivity contribution is -0.130. The molecule has 6 heteroatoms. The van der Waals surface area contributed by atoms with E-state index in [1.54, 1.807) is 23.3 Å². The number of carbonyl (C=O) groups is 1. The van der Waals surface area contributed by atoms with E-state index >= 15 is 0 Å². The summed E-state index contributed by atoms with van der Waals surface area (Å²) in [5, 5.41) is 0.742. The normalized spacial score (nSPS) is 21.5. The van der Waals surface area contributed by atoms with Crippen LogP contribution in [0.15, 0.2) is 24.3 Å². The van der Waals surface area contributed by atoms with Gasteiger partial charge in [-0.2, -0.15) is 0 Å². The average molecular weight is 334 g/mol. The van der Waals surface area contributed by atoms with Crippen molar-refractivity contribution in [2.75, 3.05) is 31.8 Å². The van der Waals surface area contributed by atoms with E-state index in [0.29, 0.717) is 13.2 Å². The molecule has 1 saturated heterocycles. The van der Waals surface area contributed by atoms with E-state index in [9.17, 15) is 4.79 Å². The monoisotopic (exact) mass is 334 g/mol. The van der Waals surface area contributed by atoms with Crippen LogP contribution in [0, 0.1) is 5.92 Å². The highest BCUT2D eigenvalue weighted by Gasteiger charge is 2.33. The molecular formula is C17H22N2O3S. The Labute approximate surface area is 140 Å². The third kappa shape index (κ3) is 3.54. The van der Waals surface area contributed by atoms with E-state index < -0.39 is 0 Å². The van der Waals surface area contributed by atoms with E-state index in [1.807, 2.05) is 31.2 Å². The van der Waals surface area contributed by atoms with Gasteiger partial charge in [-0.05, 0) is 31.9 Å². The van der Waals surface area contributed by atoms with Crippen LogP contribution in [0.1, 0.15) is 19.8 Å². The fourth-order valence-corrected chi connectivity index (χ4v) is 3.90. The molecule has 3 rings (SSSR count). The first kappa shape index (κ1) is 16.4. The van der Waals surface area contributed by atoms with Crippen molar-refractivity contribution >= 4 is 32.6 Å². The van der Waals surface area contributed by atoms with Gasteiger partial charge in [0.25, 0.3) is 0 Å². The van der Waals surface area contributed by atoms with Gasteiger partial charge >= 0.3 is 0 Å². The van der Waals surface area contributed by atoms with Gasteiger partial charge in [0.15, 0.2) is 5.13 Å². The van der Waals surface area contributed by atoms with Crippen LogP contribution in [-0.4, -0.2) is 43.9 Å². The fourth-order valence-electron chi connectivity index (χ4n) is 2.91. The van der Waals surface area contributed by atoms with Crippen LogP contribution < -0.4 is 4.90 Å². The lowest BCUT2D eigenvalue weighted by Crippen LogP contribution is -2.44. The van der Waals surface area contributed by atoms with Gasteiger partial charge in [0.2, 0.25) is 5.91 Å². The minimum Gasteiger partial charge on any atom is -0.383 e. The molecule has 1 aromatic heterocycles. The van der Waals surface area contributed by atoms with E-state index in [2.05, 4.69) is 4.98 Å². The molecule has 1 fully saturated rings. The van der Waals surface area contributed by atoms with Crippen molar-refractivity contribution in [3.05, 3.63) is 24.3 Å². The number of rotatable bonds is 5. The summed E-state index contributed by atoms with van der Waals surface area (Å²) >= 11 is 1.55. The third-order valence-corrected chi connectivity index (χ3v) is 5.28. The molecule has 0 radical (unpaired) electrons. The van der Waals surface area contributed by atoms with Crippen LogP contribution in [-0.2, 0) is 14.3 Å². The van der Waals surface area contributed by atoms with Crippen molar-refractivity contribution in [1.82, 2.24) is 4.98 Å². The van der Waals surface area contributed by atoms with E-state index in [1.165, 1.54) is 0 Å². The Morgan fingerprint density at radius 3 is 3.04 bits per heavy atom. The quantitative estimate of drug-likeness (QED) is 0.843. The summed E-state index contributed by atoms with van der Waals surface area (Å²) in [5.74, 6) is -0.0130. The van der Waals surface area contributed by atoms with Crippen LogP contribution >= 0.6 is 11.3 Å². The van der Waals surface area contributed by atoms with Crippen LogP contribution in [0.2, 0.25) is 0 Å². The third-order valence-electron chi connectivity index (χ3n) is 4.22. The predicted molar refractivity (Wildman–Crippen MR) is 92.0 cm³/mol. The fraction of sp³-hybridized carbons (Fsp3) is 0.529. The maximum absolute atomic E-state index is 13.0. The molecule has 124 valence electrons. The second-order valence-corrected chi connectivity index (χ2v) is 6.78. The number of methoxy groups -OCH3 is 1. The van der Waals surface area contributed by atoms with Gasteiger partial charge in [-0.3, -0.25) is 9.69 Å². The summed E-state index contributed by atoms with van der Waals surface area (Å²) in [4.78, 5) is 19.5. The topological polar surface area (TPSA) is 51.7 Å². The Kier molecular flexibility index (Phi) is 5.25. The maximum atomic E-state index is 13.0. The first-order chi connectivity index (χ1) is 11.2. The summed E-state index contributed by atoms with van der Waals surface area (Å²) < 4.78 is 11.9. The van der Waals surface area contributed by atoms with Crippen molar-refractivity contribution in [2.45, 2.75) is 25.9 Å². The van der Waals surface area contributed by atoms with Crippen LogP contribution in [0.25, 0.3) is 10.2 Å². The number of aromatic nitrogens is 1. The molecule has 0 bridgehead atoms.